The van der Waals surface area contributed by atoms with Gasteiger partial charge in [0.15, 0.2) is 17.2 Å². The number of alkyl halides is 2. The van der Waals surface area contributed by atoms with E-state index in [1.54, 1.807) is 0 Å². The number of nitrogens with one attached hydrogen (secondary N) is 2. The summed E-state index contributed by atoms with van der Waals surface area (Å²) in [6.45, 7) is 0.906. The second kappa shape index (κ2) is 10.6. The summed E-state index contributed by atoms with van der Waals surface area (Å²) < 4.78 is 29.1. The molecule has 1 aliphatic heterocycles. The quantitative estimate of drug-likeness (QED) is 0.325. The van der Waals surface area contributed by atoms with E-state index in [4.69, 9.17) is 11.6 Å². The third-order valence-corrected chi connectivity index (χ3v) is 7.38. The predicted molar refractivity (Wildman–Crippen MR) is 134 cm³/mol. The molecule has 2 aromatic heterocycles. The van der Waals surface area contributed by atoms with Gasteiger partial charge in [-0.15, -0.1) is 5.10 Å². The molecule has 4 N–H and O–H groups in total. The molecule has 0 bridgehead atoms. The molecule has 2 fully saturated rings. The minimum atomic E-state index is -2.73. The second-order valence-corrected chi connectivity index (χ2v) is 9.85. The van der Waals surface area contributed by atoms with Gasteiger partial charge < -0.3 is 25.7 Å². The molecule has 13 heteroatoms. The molecule has 1 saturated carbocycles. The number of nitrogens with zero attached hydrogens (tertiary/aromatic N) is 6. The van der Waals surface area contributed by atoms with Crippen LogP contribution in [-0.2, 0) is 0 Å². The highest BCUT2D eigenvalue weighted by atomic mass is 35.5. The van der Waals surface area contributed by atoms with Crippen LogP contribution in [0.3, 0.4) is 0 Å². The van der Waals surface area contributed by atoms with Gasteiger partial charge in [-0.25, -0.2) is 13.8 Å². The Labute approximate surface area is 216 Å². The van der Waals surface area contributed by atoms with Gasteiger partial charge in [0.2, 0.25) is 5.95 Å². The Kier molecular flexibility index (Phi) is 7.28. The van der Waals surface area contributed by atoms with E-state index in [1.807, 2.05) is 11.0 Å². The Morgan fingerprint density at radius 1 is 1.16 bits per heavy atom. The lowest BCUT2D eigenvalue weighted by Gasteiger charge is -2.37. The van der Waals surface area contributed by atoms with E-state index in [0.717, 1.165) is 12.8 Å². The number of aliphatic hydroxyl groups excluding tert-OH is 2. The van der Waals surface area contributed by atoms with Crippen LogP contribution in [0.2, 0.25) is 5.02 Å². The average molecular weight is 533 g/mol. The molecular formula is C24H27ClF2N8O2. The molecule has 0 spiro atoms. The van der Waals surface area contributed by atoms with Crippen LogP contribution in [0.5, 0.6) is 0 Å². The summed E-state index contributed by atoms with van der Waals surface area (Å²) in [7, 11) is 0. The number of hydrogen-bond donors (Lipinski definition) is 4. The number of fused-ring (bicyclic) bond motifs is 1. The molecule has 0 atom stereocenters. The molecule has 2 aliphatic rings. The first-order chi connectivity index (χ1) is 17.9. The Bertz CT molecular complexity index is 1310. The van der Waals surface area contributed by atoms with Crippen molar-refractivity contribution in [3.63, 3.8) is 0 Å². The van der Waals surface area contributed by atoms with Gasteiger partial charge in [0.25, 0.3) is 6.43 Å². The molecule has 0 radical (unpaired) electrons. The highest BCUT2D eigenvalue weighted by Gasteiger charge is 2.29. The number of aromatic nitrogens is 4. The number of benzene rings is 1. The molecule has 37 heavy (non-hydrogen) atoms. The van der Waals surface area contributed by atoms with Crippen molar-refractivity contribution in [1.29, 1.82) is 5.26 Å². The largest absolute Gasteiger partial charge is 0.396 e. The summed E-state index contributed by atoms with van der Waals surface area (Å²) in [6, 6.07) is 4.96. The zero-order valence-electron chi connectivity index (χ0n) is 19.9. The third-order valence-electron chi connectivity index (χ3n) is 6.99. The standard InChI is InChI=1S/C24H27ClF2N8O2/c25-20-18(31-24-32-22(30-16-1-2-16)23-29-10-17(9-28)35(23)33-24)7-14(21(26)27)8-19(20)34-5-3-13(4-6-34)15(11-36)12-37/h7-8,10,13,15-16,21,36-37H,1-6,11-12H2,(H2,30,31,32,33). The summed E-state index contributed by atoms with van der Waals surface area (Å²) in [5.74, 6) is 0.460. The molecule has 1 aliphatic carbocycles. The summed E-state index contributed by atoms with van der Waals surface area (Å²) >= 11 is 6.74. The third kappa shape index (κ3) is 5.25. The van der Waals surface area contributed by atoms with Crippen LogP contribution in [0.4, 0.5) is 31.9 Å². The van der Waals surface area contributed by atoms with E-state index in [2.05, 4.69) is 25.7 Å². The maximum absolute atomic E-state index is 13.9. The number of imidazole rings is 1. The van der Waals surface area contributed by atoms with Crippen LogP contribution < -0.4 is 15.5 Å². The first-order valence-electron chi connectivity index (χ1n) is 12.2. The van der Waals surface area contributed by atoms with Crippen molar-refractivity contribution in [2.75, 3.05) is 41.8 Å². The van der Waals surface area contributed by atoms with Crippen molar-refractivity contribution < 1.29 is 19.0 Å². The summed E-state index contributed by atoms with van der Waals surface area (Å²) in [6.07, 6.45) is 2.04. The van der Waals surface area contributed by atoms with Gasteiger partial charge in [-0.3, -0.25) is 0 Å². The topological polar surface area (TPSA) is 135 Å². The molecule has 0 amide bonds. The van der Waals surface area contributed by atoms with Crippen molar-refractivity contribution >= 4 is 40.4 Å². The lowest BCUT2D eigenvalue weighted by atomic mass is 9.85. The lowest BCUT2D eigenvalue weighted by Crippen LogP contribution is -2.38. The van der Waals surface area contributed by atoms with Gasteiger partial charge >= 0.3 is 0 Å². The fourth-order valence-electron chi connectivity index (χ4n) is 4.69. The van der Waals surface area contributed by atoms with Crippen LogP contribution in [-0.4, -0.2) is 62.1 Å². The summed E-state index contributed by atoms with van der Waals surface area (Å²) in [5.41, 5.74) is 1.08. The Balaban J connectivity index is 1.47. The zero-order chi connectivity index (χ0) is 26.1. The van der Waals surface area contributed by atoms with Gasteiger partial charge in [-0.05, 0) is 43.7 Å². The predicted octanol–water partition coefficient (Wildman–Crippen LogP) is 3.72. The number of rotatable bonds is 9. The zero-order valence-corrected chi connectivity index (χ0v) is 20.7. The van der Waals surface area contributed by atoms with E-state index in [9.17, 15) is 24.3 Å². The van der Waals surface area contributed by atoms with Crippen LogP contribution in [0.15, 0.2) is 18.3 Å². The van der Waals surface area contributed by atoms with Gasteiger partial charge in [-0.2, -0.15) is 14.8 Å². The number of anilines is 4. The first-order valence-corrected chi connectivity index (χ1v) is 12.6. The smallest absolute Gasteiger partial charge is 0.264 e. The van der Waals surface area contributed by atoms with E-state index in [0.29, 0.717) is 43.1 Å². The monoisotopic (exact) mass is 532 g/mol. The molecule has 1 saturated heterocycles. The van der Waals surface area contributed by atoms with Crippen molar-refractivity contribution in [2.24, 2.45) is 11.8 Å². The van der Waals surface area contributed by atoms with Crippen LogP contribution >= 0.6 is 11.6 Å². The van der Waals surface area contributed by atoms with Crippen LogP contribution in [0, 0.1) is 23.2 Å². The number of halogens is 3. The molecule has 1 aromatic carbocycles. The summed E-state index contributed by atoms with van der Waals surface area (Å²) in [4.78, 5) is 10.7. The van der Waals surface area contributed by atoms with Gasteiger partial charge in [0.1, 0.15) is 6.07 Å². The van der Waals surface area contributed by atoms with Crippen LogP contribution in [0.1, 0.15) is 43.4 Å². The highest BCUT2D eigenvalue weighted by Crippen LogP contribution is 2.40. The van der Waals surface area contributed by atoms with E-state index in [-0.39, 0.29) is 59.0 Å². The van der Waals surface area contributed by atoms with E-state index in [1.165, 1.54) is 22.8 Å². The minimum Gasteiger partial charge on any atom is -0.396 e. The summed E-state index contributed by atoms with van der Waals surface area (Å²) in [5, 5.41) is 39.3. The first kappa shape index (κ1) is 25.4. The Morgan fingerprint density at radius 3 is 2.51 bits per heavy atom. The van der Waals surface area contributed by atoms with Crippen molar-refractivity contribution in [1.82, 2.24) is 19.6 Å². The van der Waals surface area contributed by atoms with Crippen molar-refractivity contribution in [3.05, 3.63) is 34.6 Å². The maximum Gasteiger partial charge on any atom is 0.264 e. The van der Waals surface area contributed by atoms with Gasteiger partial charge in [-0.1, -0.05) is 11.6 Å². The fourth-order valence-corrected chi connectivity index (χ4v) is 4.97. The highest BCUT2D eigenvalue weighted by molar-refractivity contribution is 6.36. The van der Waals surface area contributed by atoms with E-state index >= 15 is 0 Å². The number of aliphatic hydroxyl groups is 2. The average Bonchev–Trinajstić information content (AvgIpc) is 3.62. The van der Waals surface area contributed by atoms with Crippen molar-refractivity contribution in [2.45, 2.75) is 38.2 Å². The molecule has 10 nitrogen and oxygen atoms in total. The van der Waals surface area contributed by atoms with Gasteiger partial charge in [0, 0.05) is 43.8 Å². The molecule has 5 rings (SSSR count). The number of nitriles is 1. The number of piperidine rings is 1. The molecule has 196 valence electrons. The number of hydrogen-bond acceptors (Lipinski definition) is 9. The second-order valence-electron chi connectivity index (χ2n) is 9.47. The molecule has 3 aromatic rings. The van der Waals surface area contributed by atoms with Gasteiger partial charge in [0.05, 0.1) is 22.6 Å². The molecular weight excluding hydrogens is 506 g/mol. The lowest BCUT2D eigenvalue weighted by molar-refractivity contribution is 0.0947. The van der Waals surface area contributed by atoms with Crippen molar-refractivity contribution in [3.8, 4) is 6.07 Å². The minimum absolute atomic E-state index is 0.0804. The Hall–Kier alpha value is -3.27. The maximum atomic E-state index is 13.9. The Morgan fingerprint density at radius 2 is 1.89 bits per heavy atom. The normalized spacial score (nSPS) is 16.5. The molecule has 3 heterocycles. The molecule has 0 unspecified atom stereocenters. The fraction of sp³-hybridized carbons (Fsp3) is 0.500. The van der Waals surface area contributed by atoms with Crippen LogP contribution in [0.25, 0.3) is 5.65 Å². The van der Waals surface area contributed by atoms with E-state index < -0.39 is 6.43 Å². The SMILES string of the molecule is N#Cc1cnc2c(NC3CC3)nc(Nc3cc(C(F)F)cc(N4CCC(C(CO)CO)CC4)c3Cl)nn12.